The number of para-hydroxylation sites is 1. The van der Waals surface area contributed by atoms with Gasteiger partial charge in [0.05, 0.1) is 28.4 Å². The minimum atomic E-state index is -0.615. The Hall–Kier alpha value is -6.24. The van der Waals surface area contributed by atoms with Crippen molar-refractivity contribution in [2.45, 2.75) is 5.41 Å². The van der Waals surface area contributed by atoms with Crippen molar-refractivity contribution in [3.05, 3.63) is 198 Å². The van der Waals surface area contributed by atoms with Crippen molar-refractivity contribution in [3.8, 4) is 51.2 Å². The van der Waals surface area contributed by atoms with Crippen molar-refractivity contribution >= 4 is 0 Å². The quantitative estimate of drug-likeness (QED) is 0.201. The zero-order valence-corrected chi connectivity index (χ0v) is 25.0. The number of benzene rings is 6. The van der Waals surface area contributed by atoms with Crippen molar-refractivity contribution in [2.75, 3.05) is 0 Å². The average Bonchev–Trinajstić information content (AvgIpc) is 3.14. The van der Waals surface area contributed by atoms with Gasteiger partial charge >= 0.3 is 0 Å². The number of pyridine rings is 1. The highest BCUT2D eigenvalue weighted by atomic mass is 16.5. The van der Waals surface area contributed by atoms with Crippen LogP contribution in [0, 0.1) is 11.3 Å². The van der Waals surface area contributed by atoms with Gasteiger partial charge in [0.15, 0.2) is 0 Å². The summed E-state index contributed by atoms with van der Waals surface area (Å²) in [6.45, 7) is 0. The topological polar surface area (TPSA) is 45.9 Å². The number of nitrogens with zero attached hydrogens (tertiary/aromatic N) is 2. The molecule has 0 spiro atoms. The van der Waals surface area contributed by atoms with Crippen LogP contribution in [0.3, 0.4) is 0 Å². The van der Waals surface area contributed by atoms with Crippen LogP contribution in [0.25, 0.3) is 33.6 Å². The molecule has 1 aliphatic heterocycles. The zero-order chi connectivity index (χ0) is 30.9. The van der Waals surface area contributed by atoms with E-state index in [4.69, 9.17) is 9.72 Å². The van der Waals surface area contributed by atoms with Gasteiger partial charge in [-0.2, -0.15) is 5.26 Å². The molecular weight excluding hydrogens is 560 g/mol. The molecule has 1 aliphatic rings. The predicted octanol–water partition coefficient (Wildman–Crippen LogP) is 10.4. The molecule has 0 amide bonds. The van der Waals surface area contributed by atoms with E-state index in [-0.39, 0.29) is 0 Å². The second-order valence-electron chi connectivity index (χ2n) is 11.5. The van der Waals surface area contributed by atoms with Crippen LogP contribution in [-0.2, 0) is 5.41 Å². The van der Waals surface area contributed by atoms with E-state index >= 15 is 0 Å². The third-order valence-electron chi connectivity index (χ3n) is 8.85. The summed E-state index contributed by atoms with van der Waals surface area (Å²) in [5, 5.41) is 9.38. The molecule has 216 valence electrons. The maximum atomic E-state index is 9.38. The van der Waals surface area contributed by atoms with Crippen molar-refractivity contribution in [2.24, 2.45) is 0 Å². The molecule has 0 radical (unpaired) electrons. The van der Waals surface area contributed by atoms with Crippen LogP contribution in [0.4, 0.5) is 0 Å². The summed E-state index contributed by atoms with van der Waals surface area (Å²) in [7, 11) is 0. The van der Waals surface area contributed by atoms with E-state index in [2.05, 4.69) is 127 Å². The molecule has 1 aromatic heterocycles. The monoisotopic (exact) mass is 588 g/mol. The molecule has 0 fully saturated rings. The SMILES string of the molecule is N#Cc1ccc(-c2cc(-c3ccccc3)nc(-c3ccc4c(c3)C(c3ccccc3)(c3ccccc3)c3ccccc3O4)c2)cc1. The minimum Gasteiger partial charge on any atom is -0.457 e. The average molecular weight is 589 g/mol. The van der Waals surface area contributed by atoms with E-state index in [0.29, 0.717) is 5.56 Å². The Morgan fingerprint density at radius 1 is 0.457 bits per heavy atom. The van der Waals surface area contributed by atoms with E-state index in [0.717, 1.165) is 56.3 Å². The molecule has 7 aromatic rings. The van der Waals surface area contributed by atoms with E-state index < -0.39 is 5.41 Å². The maximum absolute atomic E-state index is 9.38. The van der Waals surface area contributed by atoms with Crippen molar-refractivity contribution in [1.29, 1.82) is 5.26 Å². The first kappa shape index (κ1) is 27.3. The number of hydrogen-bond acceptors (Lipinski definition) is 3. The van der Waals surface area contributed by atoms with Crippen LogP contribution in [0.5, 0.6) is 11.5 Å². The lowest BCUT2D eigenvalue weighted by Gasteiger charge is -2.41. The highest BCUT2D eigenvalue weighted by Gasteiger charge is 2.45. The van der Waals surface area contributed by atoms with E-state index in [9.17, 15) is 5.26 Å². The third kappa shape index (κ3) is 4.56. The number of aromatic nitrogens is 1. The first-order valence-corrected chi connectivity index (χ1v) is 15.4. The van der Waals surface area contributed by atoms with Gasteiger partial charge in [-0.05, 0) is 70.8 Å². The number of ether oxygens (including phenoxy) is 1. The van der Waals surface area contributed by atoms with E-state index in [1.54, 1.807) is 0 Å². The summed E-state index contributed by atoms with van der Waals surface area (Å²) >= 11 is 0. The molecule has 8 rings (SSSR count). The van der Waals surface area contributed by atoms with Crippen LogP contribution >= 0.6 is 0 Å². The third-order valence-corrected chi connectivity index (χ3v) is 8.85. The fourth-order valence-corrected chi connectivity index (χ4v) is 6.70. The summed E-state index contributed by atoms with van der Waals surface area (Å²) < 4.78 is 6.63. The Kier molecular flexibility index (Phi) is 6.74. The standard InChI is InChI=1S/C43H28N2O/c44-29-30-20-22-31(23-21-30)34-27-39(32-12-4-1-5-13-32)45-40(28-34)33-24-25-42-38(26-33)43(35-14-6-2-7-15-35,36-16-8-3-9-17-36)37-18-10-11-19-41(37)46-42/h1-28H. The molecule has 0 unspecified atom stereocenters. The Morgan fingerprint density at radius 2 is 1.00 bits per heavy atom. The van der Waals surface area contributed by atoms with Gasteiger partial charge in [0, 0.05) is 22.3 Å². The lowest BCUT2D eigenvalue weighted by Crippen LogP contribution is -2.34. The molecule has 0 saturated heterocycles. The van der Waals surface area contributed by atoms with Crippen LogP contribution in [0.2, 0.25) is 0 Å². The first-order valence-electron chi connectivity index (χ1n) is 15.4. The van der Waals surface area contributed by atoms with Crippen LogP contribution in [-0.4, -0.2) is 4.98 Å². The minimum absolute atomic E-state index is 0.615. The molecule has 6 aromatic carbocycles. The number of nitriles is 1. The van der Waals surface area contributed by atoms with Gasteiger partial charge in [0.2, 0.25) is 0 Å². The second kappa shape index (κ2) is 11.4. The fraction of sp³-hybridized carbons (Fsp3) is 0.0233. The van der Waals surface area contributed by atoms with Gasteiger partial charge in [-0.25, -0.2) is 4.98 Å². The molecule has 0 bridgehead atoms. The first-order chi connectivity index (χ1) is 22.7. The molecule has 0 N–H and O–H groups in total. The highest BCUT2D eigenvalue weighted by Crippen LogP contribution is 2.55. The van der Waals surface area contributed by atoms with E-state index in [1.165, 1.54) is 11.1 Å². The lowest BCUT2D eigenvalue weighted by atomic mass is 9.63. The van der Waals surface area contributed by atoms with Crippen molar-refractivity contribution < 1.29 is 4.74 Å². The Balaban J connectivity index is 1.39. The summed E-state index contributed by atoms with van der Waals surface area (Å²) in [5.41, 5.74) is 10.3. The van der Waals surface area contributed by atoms with Gasteiger partial charge < -0.3 is 4.74 Å². The molecule has 46 heavy (non-hydrogen) atoms. The van der Waals surface area contributed by atoms with Crippen molar-refractivity contribution in [3.63, 3.8) is 0 Å². The number of hydrogen-bond donors (Lipinski definition) is 0. The molecule has 2 heterocycles. The lowest BCUT2D eigenvalue weighted by molar-refractivity contribution is 0.434. The molecular formula is C43H28N2O. The van der Waals surface area contributed by atoms with Crippen LogP contribution in [0.15, 0.2) is 170 Å². The molecule has 0 atom stereocenters. The number of rotatable bonds is 5. The van der Waals surface area contributed by atoms with Crippen molar-refractivity contribution in [1.82, 2.24) is 4.98 Å². The second-order valence-corrected chi connectivity index (χ2v) is 11.5. The van der Waals surface area contributed by atoms with Gasteiger partial charge in [0.25, 0.3) is 0 Å². The molecule has 0 aliphatic carbocycles. The Morgan fingerprint density at radius 3 is 1.65 bits per heavy atom. The fourth-order valence-electron chi connectivity index (χ4n) is 6.70. The molecule has 3 heteroatoms. The highest BCUT2D eigenvalue weighted by molar-refractivity contribution is 5.79. The summed E-state index contributed by atoms with van der Waals surface area (Å²) in [6.07, 6.45) is 0. The molecule has 3 nitrogen and oxygen atoms in total. The zero-order valence-electron chi connectivity index (χ0n) is 25.0. The maximum Gasteiger partial charge on any atom is 0.132 e. The van der Waals surface area contributed by atoms with Gasteiger partial charge in [-0.1, -0.05) is 121 Å². The largest absolute Gasteiger partial charge is 0.457 e. The van der Waals surface area contributed by atoms with Gasteiger partial charge in [0.1, 0.15) is 11.5 Å². The smallest absolute Gasteiger partial charge is 0.132 e. The van der Waals surface area contributed by atoms with Gasteiger partial charge in [-0.3, -0.25) is 0 Å². The predicted molar refractivity (Wildman–Crippen MR) is 184 cm³/mol. The summed E-state index contributed by atoms with van der Waals surface area (Å²) in [4.78, 5) is 5.23. The van der Waals surface area contributed by atoms with Crippen LogP contribution in [0.1, 0.15) is 27.8 Å². The van der Waals surface area contributed by atoms with Gasteiger partial charge in [-0.15, -0.1) is 0 Å². The Labute approximate surface area is 268 Å². The number of fused-ring (bicyclic) bond motifs is 2. The Bertz CT molecular complexity index is 2180. The summed E-state index contributed by atoms with van der Waals surface area (Å²) in [6, 6.07) is 60.7. The summed E-state index contributed by atoms with van der Waals surface area (Å²) in [5.74, 6) is 1.67. The van der Waals surface area contributed by atoms with Crippen LogP contribution < -0.4 is 4.74 Å². The van der Waals surface area contributed by atoms with E-state index in [1.807, 2.05) is 48.5 Å². The normalized spacial score (nSPS) is 12.7. The molecule has 0 saturated carbocycles.